The van der Waals surface area contributed by atoms with Gasteiger partial charge in [0.2, 0.25) is 0 Å². The van der Waals surface area contributed by atoms with Crippen molar-refractivity contribution in [3.05, 3.63) is 88.4 Å². The highest BCUT2D eigenvalue weighted by atomic mass is 35.5. The van der Waals surface area contributed by atoms with E-state index in [1.54, 1.807) is 26.2 Å². The molecule has 0 aliphatic rings. The molecular weight excluding hydrogens is 424 g/mol. The average Bonchev–Trinajstić information content (AvgIpc) is 2.74. The zero-order chi connectivity index (χ0) is 21.7. The number of amides is 1. The third-order valence-corrected chi connectivity index (χ3v) is 6.11. The number of carbonyl (C=O) groups is 1. The van der Waals surface area contributed by atoms with Crippen LogP contribution in [0.4, 0.5) is 5.69 Å². The number of benzene rings is 3. The molecule has 0 saturated heterocycles. The van der Waals surface area contributed by atoms with Gasteiger partial charge in [0, 0.05) is 17.1 Å². The topological polar surface area (TPSA) is 84.5 Å². The highest BCUT2D eigenvalue weighted by Crippen LogP contribution is 2.22. The summed E-state index contributed by atoms with van der Waals surface area (Å²) in [4.78, 5) is 12.6. The third kappa shape index (κ3) is 5.31. The van der Waals surface area contributed by atoms with Gasteiger partial charge in [0.15, 0.2) is 0 Å². The van der Waals surface area contributed by atoms with Gasteiger partial charge in [-0.15, -0.1) is 0 Å². The monoisotopic (exact) mass is 444 g/mol. The van der Waals surface area contributed by atoms with E-state index in [0.717, 1.165) is 11.3 Å². The van der Waals surface area contributed by atoms with E-state index in [-0.39, 0.29) is 10.8 Å². The first-order chi connectivity index (χ1) is 14.3. The standard InChI is InChI=1S/C22H21ClN2O4S/c1-15-3-6-17(22(26)24-14-16-4-9-19(29-2)10-5-16)13-21(15)25-30(27,28)20-11-7-18(23)8-12-20/h3-13,25H,14H2,1-2H3,(H,24,26). The largest absolute Gasteiger partial charge is 0.497 e. The lowest BCUT2D eigenvalue weighted by Crippen LogP contribution is -2.23. The Morgan fingerprint density at radius 1 is 1.00 bits per heavy atom. The molecule has 8 heteroatoms. The van der Waals surface area contributed by atoms with Crippen LogP contribution in [-0.2, 0) is 16.6 Å². The Bertz CT molecular complexity index is 1140. The van der Waals surface area contributed by atoms with Crippen molar-refractivity contribution in [2.24, 2.45) is 0 Å². The van der Waals surface area contributed by atoms with Crippen LogP contribution in [0, 0.1) is 6.92 Å². The first-order valence-electron chi connectivity index (χ1n) is 9.08. The molecule has 0 heterocycles. The van der Waals surface area contributed by atoms with Crippen LogP contribution in [0.3, 0.4) is 0 Å². The number of ether oxygens (including phenoxy) is 1. The number of aryl methyl sites for hydroxylation is 1. The van der Waals surface area contributed by atoms with Crippen LogP contribution in [0.15, 0.2) is 71.6 Å². The molecule has 30 heavy (non-hydrogen) atoms. The van der Waals surface area contributed by atoms with Crippen molar-refractivity contribution >= 4 is 33.2 Å². The van der Waals surface area contributed by atoms with E-state index in [4.69, 9.17) is 16.3 Å². The first kappa shape index (κ1) is 21.7. The molecule has 0 radical (unpaired) electrons. The van der Waals surface area contributed by atoms with E-state index in [1.165, 1.54) is 30.3 Å². The summed E-state index contributed by atoms with van der Waals surface area (Å²) in [6, 6.07) is 18.1. The van der Waals surface area contributed by atoms with Gasteiger partial charge in [0.25, 0.3) is 15.9 Å². The summed E-state index contributed by atoms with van der Waals surface area (Å²) in [6.07, 6.45) is 0. The van der Waals surface area contributed by atoms with Crippen molar-refractivity contribution < 1.29 is 17.9 Å². The molecule has 0 bridgehead atoms. The number of nitrogens with one attached hydrogen (secondary N) is 2. The predicted molar refractivity (Wildman–Crippen MR) is 118 cm³/mol. The van der Waals surface area contributed by atoms with Gasteiger partial charge >= 0.3 is 0 Å². The maximum Gasteiger partial charge on any atom is 0.261 e. The van der Waals surface area contributed by atoms with Crippen molar-refractivity contribution in [2.45, 2.75) is 18.4 Å². The number of rotatable bonds is 7. The summed E-state index contributed by atoms with van der Waals surface area (Å²) >= 11 is 5.83. The number of hydrogen-bond donors (Lipinski definition) is 2. The zero-order valence-electron chi connectivity index (χ0n) is 16.5. The Labute approximate surface area is 180 Å². The van der Waals surface area contributed by atoms with E-state index in [2.05, 4.69) is 10.0 Å². The lowest BCUT2D eigenvalue weighted by molar-refractivity contribution is 0.0951. The number of sulfonamides is 1. The predicted octanol–water partition coefficient (Wildman–Crippen LogP) is 4.39. The minimum Gasteiger partial charge on any atom is -0.497 e. The van der Waals surface area contributed by atoms with Gasteiger partial charge in [0.05, 0.1) is 17.7 Å². The molecule has 3 aromatic carbocycles. The van der Waals surface area contributed by atoms with Gasteiger partial charge in [0.1, 0.15) is 5.75 Å². The van der Waals surface area contributed by atoms with Crippen molar-refractivity contribution in [3.63, 3.8) is 0 Å². The summed E-state index contributed by atoms with van der Waals surface area (Å²) in [5, 5.41) is 3.27. The highest BCUT2D eigenvalue weighted by molar-refractivity contribution is 7.92. The molecule has 0 spiro atoms. The Hall–Kier alpha value is -3.03. The molecule has 2 N–H and O–H groups in total. The smallest absolute Gasteiger partial charge is 0.261 e. The van der Waals surface area contributed by atoms with Crippen LogP contribution in [0.1, 0.15) is 21.5 Å². The second kappa shape index (κ2) is 9.19. The van der Waals surface area contributed by atoms with E-state index in [1.807, 2.05) is 24.3 Å². The van der Waals surface area contributed by atoms with Crippen molar-refractivity contribution in [3.8, 4) is 5.75 Å². The summed E-state index contributed by atoms with van der Waals surface area (Å²) in [5.74, 6) is 0.430. The van der Waals surface area contributed by atoms with Gasteiger partial charge in [-0.3, -0.25) is 9.52 Å². The normalized spacial score (nSPS) is 11.0. The molecular formula is C22H21ClN2O4S. The number of anilines is 1. The fraction of sp³-hybridized carbons (Fsp3) is 0.136. The van der Waals surface area contributed by atoms with Gasteiger partial charge in [-0.25, -0.2) is 8.42 Å². The number of methoxy groups -OCH3 is 1. The molecule has 0 aliphatic heterocycles. The van der Waals surface area contributed by atoms with Crippen molar-refractivity contribution in [1.82, 2.24) is 5.32 Å². The molecule has 3 aromatic rings. The second-order valence-electron chi connectivity index (χ2n) is 6.62. The molecule has 0 saturated carbocycles. The van der Waals surface area contributed by atoms with Gasteiger partial charge in [-0.05, 0) is 66.6 Å². The van der Waals surface area contributed by atoms with Crippen LogP contribution in [0.5, 0.6) is 5.75 Å². The Morgan fingerprint density at radius 3 is 2.30 bits per heavy atom. The molecule has 0 atom stereocenters. The van der Waals surface area contributed by atoms with Crippen LogP contribution in [-0.4, -0.2) is 21.4 Å². The summed E-state index contributed by atoms with van der Waals surface area (Å²) in [5.41, 5.74) is 2.30. The highest BCUT2D eigenvalue weighted by Gasteiger charge is 2.16. The van der Waals surface area contributed by atoms with E-state index < -0.39 is 10.0 Å². The molecule has 1 amide bonds. The lowest BCUT2D eigenvalue weighted by Gasteiger charge is -2.13. The number of halogens is 1. The molecule has 0 fully saturated rings. The second-order valence-corrected chi connectivity index (χ2v) is 8.74. The Balaban J connectivity index is 1.73. The molecule has 156 valence electrons. The van der Waals surface area contributed by atoms with Crippen LogP contribution >= 0.6 is 11.6 Å². The Kier molecular flexibility index (Phi) is 6.64. The van der Waals surface area contributed by atoms with Crippen LogP contribution in [0.25, 0.3) is 0 Å². The molecule has 0 unspecified atom stereocenters. The number of hydrogen-bond acceptors (Lipinski definition) is 4. The van der Waals surface area contributed by atoms with E-state index in [9.17, 15) is 13.2 Å². The minimum atomic E-state index is -3.81. The van der Waals surface area contributed by atoms with Gasteiger partial charge in [-0.2, -0.15) is 0 Å². The van der Waals surface area contributed by atoms with Crippen molar-refractivity contribution in [2.75, 3.05) is 11.8 Å². The summed E-state index contributed by atoms with van der Waals surface area (Å²) in [6.45, 7) is 2.10. The SMILES string of the molecule is COc1ccc(CNC(=O)c2ccc(C)c(NS(=O)(=O)c3ccc(Cl)cc3)c2)cc1. The maximum absolute atomic E-state index is 12.6. The summed E-state index contributed by atoms with van der Waals surface area (Å²) < 4.78 is 32.9. The lowest BCUT2D eigenvalue weighted by atomic mass is 10.1. The molecule has 6 nitrogen and oxygen atoms in total. The van der Waals surface area contributed by atoms with Crippen LogP contribution in [0.2, 0.25) is 5.02 Å². The fourth-order valence-electron chi connectivity index (χ4n) is 2.72. The summed E-state index contributed by atoms with van der Waals surface area (Å²) in [7, 11) is -2.22. The molecule has 0 aromatic heterocycles. The van der Waals surface area contributed by atoms with E-state index >= 15 is 0 Å². The van der Waals surface area contributed by atoms with Crippen LogP contribution < -0.4 is 14.8 Å². The van der Waals surface area contributed by atoms with Crippen molar-refractivity contribution in [1.29, 1.82) is 0 Å². The third-order valence-electron chi connectivity index (χ3n) is 4.48. The quantitative estimate of drug-likeness (QED) is 0.566. The maximum atomic E-state index is 12.6. The molecule has 0 aliphatic carbocycles. The van der Waals surface area contributed by atoms with E-state index in [0.29, 0.717) is 28.4 Å². The number of carbonyl (C=O) groups excluding carboxylic acids is 1. The van der Waals surface area contributed by atoms with Gasteiger partial charge in [-0.1, -0.05) is 29.8 Å². The van der Waals surface area contributed by atoms with Gasteiger partial charge < -0.3 is 10.1 Å². The average molecular weight is 445 g/mol. The minimum absolute atomic E-state index is 0.0839. The fourth-order valence-corrected chi connectivity index (χ4v) is 3.97. The Morgan fingerprint density at radius 2 is 1.67 bits per heavy atom. The zero-order valence-corrected chi connectivity index (χ0v) is 18.0. The molecule has 3 rings (SSSR count). The first-order valence-corrected chi connectivity index (χ1v) is 10.9.